The molecule has 2 aromatic heterocycles. The van der Waals surface area contributed by atoms with Crippen molar-refractivity contribution in [3.05, 3.63) is 60.9 Å². The Morgan fingerprint density at radius 1 is 1.03 bits per heavy atom. The molecule has 0 amide bonds. The summed E-state index contributed by atoms with van der Waals surface area (Å²) >= 11 is 0. The van der Waals surface area contributed by atoms with Crippen LogP contribution in [0.4, 0.5) is 5.82 Å². The van der Waals surface area contributed by atoms with Crippen LogP contribution in [-0.2, 0) is 14.3 Å². The maximum atomic E-state index is 12.1. The van der Waals surface area contributed by atoms with Crippen LogP contribution in [0.15, 0.2) is 65.3 Å². The highest BCUT2D eigenvalue weighted by atomic mass is 16.6. The molecule has 4 aromatic rings. The summed E-state index contributed by atoms with van der Waals surface area (Å²) in [5, 5.41) is 4.43. The molecular weight excluding hydrogens is 482 g/mol. The average molecular weight is 516 g/mol. The first-order valence-electron chi connectivity index (χ1n) is 12.9. The zero-order valence-electron chi connectivity index (χ0n) is 22.2. The van der Waals surface area contributed by atoms with Gasteiger partial charge in [-0.3, -0.25) is 0 Å². The van der Waals surface area contributed by atoms with Gasteiger partial charge in [0.1, 0.15) is 35.9 Å². The van der Waals surface area contributed by atoms with Gasteiger partial charge in [0, 0.05) is 17.2 Å². The number of hydrogen-bond donors (Lipinski definition) is 1. The summed E-state index contributed by atoms with van der Waals surface area (Å²) in [5.74, 6) is 1.88. The minimum atomic E-state index is -0.524. The second-order valence-electron chi connectivity index (χ2n) is 10.5. The number of hydrogen-bond acceptors (Lipinski definition) is 8. The maximum Gasteiger partial charge on any atom is 0.332 e. The first-order valence-corrected chi connectivity index (χ1v) is 12.9. The van der Waals surface area contributed by atoms with E-state index in [0.717, 1.165) is 52.8 Å². The molecule has 2 unspecified atom stereocenters. The molecule has 1 fully saturated rings. The second-order valence-corrected chi connectivity index (χ2v) is 10.5. The number of anilines is 1. The van der Waals surface area contributed by atoms with Gasteiger partial charge in [0.2, 0.25) is 5.71 Å². The fourth-order valence-electron chi connectivity index (χ4n) is 4.84. The van der Waals surface area contributed by atoms with Crippen molar-refractivity contribution in [1.82, 2.24) is 9.97 Å². The topological polar surface area (TPSA) is 95.7 Å². The number of esters is 1. The number of rotatable bonds is 8. The summed E-state index contributed by atoms with van der Waals surface area (Å²) in [5.41, 5.74) is 2.85. The van der Waals surface area contributed by atoms with Crippen LogP contribution in [0.3, 0.4) is 0 Å². The molecule has 5 rings (SSSR count). The fraction of sp³-hybridized carbons (Fsp3) is 0.367. The van der Waals surface area contributed by atoms with Gasteiger partial charge in [0.25, 0.3) is 0 Å². The van der Waals surface area contributed by atoms with Gasteiger partial charge in [0.05, 0.1) is 18.6 Å². The predicted molar refractivity (Wildman–Crippen MR) is 146 cm³/mol. The van der Waals surface area contributed by atoms with Gasteiger partial charge in [0.15, 0.2) is 0 Å². The third-order valence-electron chi connectivity index (χ3n) is 6.49. The summed E-state index contributed by atoms with van der Waals surface area (Å²) in [6, 6.07) is 18.0. The van der Waals surface area contributed by atoms with Gasteiger partial charge in [-0.2, -0.15) is 0 Å². The van der Waals surface area contributed by atoms with Gasteiger partial charge < -0.3 is 23.9 Å². The molecule has 2 atom stereocenters. The van der Waals surface area contributed by atoms with Crippen molar-refractivity contribution in [2.75, 3.05) is 19.0 Å². The SMILES string of the molecule is COc1ccc(-c2c(-c3ccccc3)oc3ncnc(NC4CCC(OCC(=O)OC(C)(C)C)C4)c23)cc1. The lowest BCUT2D eigenvalue weighted by molar-refractivity contribution is -0.162. The van der Waals surface area contributed by atoms with Crippen molar-refractivity contribution in [3.63, 3.8) is 0 Å². The average Bonchev–Trinajstić information content (AvgIpc) is 3.52. The molecule has 1 aliphatic rings. The van der Waals surface area contributed by atoms with E-state index in [1.807, 2.05) is 75.4 Å². The van der Waals surface area contributed by atoms with E-state index in [0.29, 0.717) is 11.5 Å². The summed E-state index contributed by atoms with van der Waals surface area (Å²) in [6.07, 6.45) is 4.00. The van der Waals surface area contributed by atoms with Crippen molar-refractivity contribution in [1.29, 1.82) is 0 Å². The van der Waals surface area contributed by atoms with E-state index >= 15 is 0 Å². The van der Waals surface area contributed by atoms with E-state index < -0.39 is 5.60 Å². The Hall–Kier alpha value is -3.91. The number of benzene rings is 2. The third-order valence-corrected chi connectivity index (χ3v) is 6.49. The number of fused-ring (bicyclic) bond motifs is 1. The molecule has 0 aliphatic heterocycles. The van der Waals surface area contributed by atoms with Crippen molar-refractivity contribution in [2.45, 2.75) is 57.8 Å². The van der Waals surface area contributed by atoms with E-state index in [9.17, 15) is 4.79 Å². The molecule has 1 aliphatic carbocycles. The highest BCUT2D eigenvalue weighted by Gasteiger charge is 2.29. The lowest BCUT2D eigenvalue weighted by Gasteiger charge is -2.20. The Morgan fingerprint density at radius 3 is 2.50 bits per heavy atom. The molecule has 38 heavy (non-hydrogen) atoms. The van der Waals surface area contributed by atoms with Gasteiger partial charge in [-0.25, -0.2) is 14.8 Å². The summed E-state index contributed by atoms with van der Waals surface area (Å²) in [6.45, 7) is 5.50. The number of carbonyl (C=O) groups is 1. The van der Waals surface area contributed by atoms with Crippen LogP contribution < -0.4 is 10.1 Å². The molecule has 0 radical (unpaired) electrons. The first-order chi connectivity index (χ1) is 18.3. The third kappa shape index (κ3) is 5.81. The predicted octanol–water partition coefficient (Wildman–Crippen LogP) is 6.26. The molecule has 0 bridgehead atoms. The van der Waals surface area contributed by atoms with E-state index in [-0.39, 0.29) is 24.7 Å². The number of ether oxygens (including phenoxy) is 3. The molecule has 8 heteroatoms. The zero-order valence-corrected chi connectivity index (χ0v) is 22.2. The van der Waals surface area contributed by atoms with Crippen LogP contribution in [0.5, 0.6) is 5.75 Å². The molecule has 2 heterocycles. The molecule has 0 saturated heterocycles. The van der Waals surface area contributed by atoms with Crippen LogP contribution in [0.2, 0.25) is 0 Å². The Labute approximate surface area is 222 Å². The second kappa shape index (κ2) is 10.8. The monoisotopic (exact) mass is 515 g/mol. The smallest absolute Gasteiger partial charge is 0.332 e. The lowest BCUT2D eigenvalue weighted by atomic mass is 9.99. The van der Waals surface area contributed by atoms with Crippen molar-refractivity contribution >= 4 is 22.9 Å². The molecular formula is C30H33N3O5. The number of furan rings is 1. The molecule has 0 spiro atoms. The lowest BCUT2D eigenvalue weighted by Crippen LogP contribution is -2.28. The summed E-state index contributed by atoms with van der Waals surface area (Å²) in [4.78, 5) is 21.1. The minimum Gasteiger partial charge on any atom is -0.497 e. The normalized spacial score (nSPS) is 17.5. The highest BCUT2D eigenvalue weighted by Crippen LogP contribution is 2.43. The number of carbonyl (C=O) groups excluding carboxylic acids is 1. The minimum absolute atomic E-state index is 0.0253. The molecule has 1 N–H and O–H groups in total. The summed E-state index contributed by atoms with van der Waals surface area (Å²) < 4.78 is 22.9. The fourth-order valence-corrected chi connectivity index (χ4v) is 4.84. The van der Waals surface area contributed by atoms with Crippen LogP contribution in [-0.4, -0.2) is 47.4 Å². The highest BCUT2D eigenvalue weighted by molar-refractivity contribution is 6.05. The van der Waals surface area contributed by atoms with Crippen LogP contribution in [0.25, 0.3) is 33.6 Å². The maximum absolute atomic E-state index is 12.1. The quantitative estimate of drug-likeness (QED) is 0.275. The van der Waals surface area contributed by atoms with E-state index in [4.69, 9.17) is 18.6 Å². The van der Waals surface area contributed by atoms with E-state index in [1.165, 1.54) is 6.33 Å². The molecule has 8 nitrogen and oxygen atoms in total. The molecule has 198 valence electrons. The van der Waals surface area contributed by atoms with Gasteiger partial charge in [-0.1, -0.05) is 42.5 Å². The number of aromatic nitrogens is 2. The van der Waals surface area contributed by atoms with Crippen molar-refractivity contribution in [2.24, 2.45) is 0 Å². The van der Waals surface area contributed by atoms with Crippen LogP contribution in [0, 0.1) is 0 Å². The molecule has 1 saturated carbocycles. The van der Waals surface area contributed by atoms with Crippen LogP contribution in [0.1, 0.15) is 40.0 Å². The number of methoxy groups -OCH3 is 1. The summed E-state index contributed by atoms with van der Waals surface area (Å²) in [7, 11) is 1.65. The number of nitrogens with one attached hydrogen (secondary N) is 1. The standard InChI is InChI=1S/C30H33N3O5/c1-30(2,3)38-24(34)17-36-23-15-12-21(16-23)33-28-26-25(19-10-13-22(35-4)14-11-19)27(20-8-6-5-7-9-20)37-29(26)32-18-31-28/h5-11,13-14,18,21,23H,12,15-17H2,1-4H3,(H,31,32,33). The van der Waals surface area contributed by atoms with Crippen LogP contribution >= 0.6 is 0 Å². The van der Waals surface area contributed by atoms with Gasteiger partial charge in [-0.15, -0.1) is 0 Å². The Morgan fingerprint density at radius 2 is 1.79 bits per heavy atom. The largest absolute Gasteiger partial charge is 0.497 e. The Balaban J connectivity index is 1.42. The molecule has 2 aromatic carbocycles. The van der Waals surface area contributed by atoms with Gasteiger partial charge in [-0.05, 0) is 57.7 Å². The number of nitrogens with zero attached hydrogens (tertiary/aromatic N) is 2. The zero-order chi connectivity index (χ0) is 26.7. The van der Waals surface area contributed by atoms with Crippen molar-refractivity contribution in [3.8, 4) is 28.2 Å². The Kier molecular flexibility index (Phi) is 7.33. The van der Waals surface area contributed by atoms with E-state index in [1.54, 1.807) is 7.11 Å². The van der Waals surface area contributed by atoms with Gasteiger partial charge >= 0.3 is 5.97 Å². The van der Waals surface area contributed by atoms with Crippen molar-refractivity contribution < 1.29 is 23.4 Å². The van der Waals surface area contributed by atoms with E-state index in [2.05, 4.69) is 15.3 Å². The first kappa shape index (κ1) is 25.7. The Bertz CT molecular complexity index is 1390.